The molecule has 7 heteroatoms. The van der Waals surface area contributed by atoms with Gasteiger partial charge in [-0.1, -0.05) is 28.1 Å². The highest BCUT2D eigenvalue weighted by atomic mass is 79.9. The van der Waals surface area contributed by atoms with Crippen molar-refractivity contribution in [1.29, 1.82) is 0 Å². The zero-order chi connectivity index (χ0) is 19.0. The summed E-state index contributed by atoms with van der Waals surface area (Å²) in [4.78, 5) is 19.5. The average molecular weight is 450 g/mol. The lowest BCUT2D eigenvalue weighted by molar-refractivity contribution is -0.117. The molecule has 1 aliphatic heterocycles. The van der Waals surface area contributed by atoms with Crippen LogP contribution in [0.25, 0.3) is 0 Å². The molecule has 1 aliphatic carbocycles. The zero-order valence-electron chi connectivity index (χ0n) is 15.5. The minimum Gasteiger partial charge on any atom is -0.373 e. The van der Waals surface area contributed by atoms with Gasteiger partial charge in [0.1, 0.15) is 0 Å². The zero-order valence-corrected chi connectivity index (χ0v) is 17.9. The number of ether oxygens (including phenoxy) is 1. The number of carbonyl (C=O) groups is 1. The highest BCUT2D eigenvalue weighted by Crippen LogP contribution is 2.48. The highest BCUT2D eigenvalue weighted by Gasteiger charge is 2.44. The molecule has 0 spiro atoms. The van der Waals surface area contributed by atoms with Crippen LogP contribution in [0.5, 0.6) is 0 Å². The smallest absolute Gasteiger partial charge is 0.229 e. The van der Waals surface area contributed by atoms with E-state index in [1.165, 1.54) is 16.9 Å². The quantitative estimate of drug-likeness (QED) is 0.740. The van der Waals surface area contributed by atoms with Gasteiger partial charge in [-0.15, -0.1) is 11.3 Å². The average Bonchev–Trinajstić information content (AvgIpc) is 3.29. The number of nitrogens with zero attached hydrogens (tertiary/aromatic N) is 2. The van der Waals surface area contributed by atoms with Crippen molar-refractivity contribution in [2.75, 3.05) is 18.4 Å². The van der Waals surface area contributed by atoms with Crippen LogP contribution in [0, 0.1) is 5.92 Å². The molecule has 144 valence electrons. The fourth-order valence-electron chi connectivity index (χ4n) is 3.84. The summed E-state index contributed by atoms with van der Waals surface area (Å²) < 4.78 is 6.84. The number of carbonyl (C=O) groups excluding carboxylic acids is 1. The first-order valence-electron chi connectivity index (χ1n) is 9.36. The van der Waals surface area contributed by atoms with E-state index < -0.39 is 0 Å². The van der Waals surface area contributed by atoms with Crippen LogP contribution in [-0.2, 0) is 16.1 Å². The predicted octanol–water partition coefficient (Wildman–Crippen LogP) is 4.26. The maximum atomic E-state index is 12.5. The molecule has 2 heterocycles. The Morgan fingerprint density at radius 2 is 2.00 bits per heavy atom. The maximum absolute atomic E-state index is 12.5. The lowest BCUT2D eigenvalue weighted by Gasteiger charge is -2.34. The SMILES string of the molecule is CC1CN(Cc2csc(NC(=O)C3CC3c3ccc(Br)cc3)n2)CC(C)O1. The van der Waals surface area contributed by atoms with E-state index in [2.05, 4.69) is 57.1 Å². The van der Waals surface area contributed by atoms with E-state index in [1.54, 1.807) is 0 Å². The largest absolute Gasteiger partial charge is 0.373 e. The topological polar surface area (TPSA) is 54.5 Å². The van der Waals surface area contributed by atoms with Crippen LogP contribution in [0.2, 0.25) is 0 Å². The van der Waals surface area contributed by atoms with Gasteiger partial charge in [0.25, 0.3) is 0 Å². The number of hydrogen-bond donors (Lipinski definition) is 1. The molecule has 4 unspecified atom stereocenters. The van der Waals surface area contributed by atoms with Gasteiger partial charge < -0.3 is 10.1 Å². The van der Waals surface area contributed by atoms with Gasteiger partial charge >= 0.3 is 0 Å². The fraction of sp³-hybridized carbons (Fsp3) is 0.500. The molecule has 1 saturated heterocycles. The molecule has 2 aliphatic rings. The molecule has 0 radical (unpaired) electrons. The van der Waals surface area contributed by atoms with Crippen LogP contribution in [0.15, 0.2) is 34.1 Å². The van der Waals surface area contributed by atoms with Crippen molar-refractivity contribution < 1.29 is 9.53 Å². The number of aromatic nitrogens is 1. The molecule has 1 saturated carbocycles. The van der Waals surface area contributed by atoms with Gasteiger partial charge in [0.15, 0.2) is 5.13 Å². The maximum Gasteiger partial charge on any atom is 0.229 e. The molecule has 1 N–H and O–H groups in total. The number of morpholine rings is 1. The number of halogens is 1. The summed E-state index contributed by atoms with van der Waals surface area (Å²) in [6, 6.07) is 8.24. The van der Waals surface area contributed by atoms with Crippen LogP contribution in [0.1, 0.15) is 37.4 Å². The van der Waals surface area contributed by atoms with Gasteiger partial charge in [0, 0.05) is 35.4 Å². The van der Waals surface area contributed by atoms with Gasteiger partial charge in [0.05, 0.1) is 17.9 Å². The van der Waals surface area contributed by atoms with E-state index in [4.69, 9.17) is 4.74 Å². The Labute approximate surface area is 172 Å². The molecule has 1 amide bonds. The summed E-state index contributed by atoms with van der Waals surface area (Å²) in [7, 11) is 0. The van der Waals surface area contributed by atoms with Crippen molar-refractivity contribution in [3.05, 3.63) is 45.4 Å². The van der Waals surface area contributed by atoms with Crippen molar-refractivity contribution >= 4 is 38.3 Å². The van der Waals surface area contributed by atoms with Crippen molar-refractivity contribution in [2.24, 2.45) is 5.92 Å². The minimum absolute atomic E-state index is 0.0551. The Hall–Kier alpha value is -1.28. The van der Waals surface area contributed by atoms with E-state index >= 15 is 0 Å². The molecule has 1 aromatic carbocycles. The van der Waals surface area contributed by atoms with E-state index in [9.17, 15) is 4.79 Å². The first-order chi connectivity index (χ1) is 13.0. The standard InChI is InChI=1S/C20H24BrN3O2S/c1-12-8-24(9-13(2)26-12)10-16-11-27-20(22-16)23-19(25)18-7-17(18)14-3-5-15(21)6-4-14/h3-6,11-13,17-18H,7-10H2,1-2H3,(H,22,23,25). The molecule has 4 rings (SSSR count). The van der Waals surface area contributed by atoms with Crippen LogP contribution < -0.4 is 5.32 Å². The predicted molar refractivity (Wildman–Crippen MR) is 111 cm³/mol. The molecular formula is C20H24BrN3O2S. The van der Waals surface area contributed by atoms with Crippen LogP contribution in [-0.4, -0.2) is 41.1 Å². The lowest BCUT2D eigenvalue weighted by atomic mass is 10.1. The van der Waals surface area contributed by atoms with E-state index in [0.29, 0.717) is 11.0 Å². The lowest BCUT2D eigenvalue weighted by Crippen LogP contribution is -2.44. The molecule has 2 fully saturated rings. The Kier molecular flexibility index (Phi) is 5.64. The summed E-state index contributed by atoms with van der Waals surface area (Å²) in [5.74, 6) is 0.464. The minimum atomic E-state index is 0.0551. The molecule has 4 atom stereocenters. The molecule has 2 aromatic rings. The molecule has 1 aromatic heterocycles. The second-order valence-corrected chi connectivity index (χ2v) is 9.36. The van der Waals surface area contributed by atoms with Crippen molar-refractivity contribution in [3.63, 3.8) is 0 Å². The molecule has 0 bridgehead atoms. The number of nitrogens with one attached hydrogen (secondary N) is 1. The Morgan fingerprint density at radius 3 is 2.70 bits per heavy atom. The Balaban J connectivity index is 1.30. The first kappa shape index (κ1) is 19.1. The van der Waals surface area contributed by atoms with Gasteiger partial charge in [-0.25, -0.2) is 4.98 Å². The van der Waals surface area contributed by atoms with Crippen molar-refractivity contribution in [2.45, 2.75) is 44.9 Å². The van der Waals surface area contributed by atoms with Crippen molar-refractivity contribution in [3.8, 4) is 0 Å². The third-order valence-electron chi connectivity index (χ3n) is 5.09. The summed E-state index contributed by atoms with van der Waals surface area (Å²) in [5.41, 5.74) is 2.24. The third-order valence-corrected chi connectivity index (χ3v) is 6.42. The first-order valence-corrected chi connectivity index (χ1v) is 11.0. The Morgan fingerprint density at radius 1 is 1.30 bits per heavy atom. The number of amides is 1. The molecular weight excluding hydrogens is 426 g/mol. The molecule has 27 heavy (non-hydrogen) atoms. The Bertz CT molecular complexity index is 800. The normalized spacial score (nSPS) is 28.1. The number of thiazole rings is 1. The van der Waals surface area contributed by atoms with Gasteiger partial charge in [-0.3, -0.25) is 9.69 Å². The summed E-state index contributed by atoms with van der Waals surface area (Å²) >= 11 is 4.96. The van der Waals surface area contributed by atoms with E-state index in [-0.39, 0.29) is 24.0 Å². The van der Waals surface area contributed by atoms with E-state index in [1.807, 2.05) is 17.5 Å². The van der Waals surface area contributed by atoms with Gasteiger partial charge in [-0.2, -0.15) is 0 Å². The van der Waals surface area contributed by atoms with Crippen molar-refractivity contribution in [1.82, 2.24) is 9.88 Å². The number of hydrogen-bond acceptors (Lipinski definition) is 5. The second-order valence-electron chi connectivity index (χ2n) is 7.58. The number of anilines is 1. The monoisotopic (exact) mass is 449 g/mol. The number of rotatable bonds is 5. The van der Waals surface area contributed by atoms with Crippen LogP contribution >= 0.6 is 27.3 Å². The van der Waals surface area contributed by atoms with Crippen LogP contribution in [0.4, 0.5) is 5.13 Å². The summed E-state index contributed by atoms with van der Waals surface area (Å²) in [5, 5.41) is 5.75. The molecule has 5 nitrogen and oxygen atoms in total. The van der Waals surface area contributed by atoms with Gasteiger partial charge in [-0.05, 0) is 43.9 Å². The van der Waals surface area contributed by atoms with E-state index in [0.717, 1.165) is 36.2 Å². The highest BCUT2D eigenvalue weighted by molar-refractivity contribution is 9.10. The van der Waals surface area contributed by atoms with Gasteiger partial charge in [0.2, 0.25) is 5.91 Å². The fourth-order valence-corrected chi connectivity index (χ4v) is 4.81. The number of benzene rings is 1. The summed E-state index contributed by atoms with van der Waals surface area (Å²) in [6.07, 6.45) is 1.41. The third kappa shape index (κ3) is 4.77. The van der Waals surface area contributed by atoms with Crippen LogP contribution in [0.3, 0.4) is 0 Å². The second kappa shape index (κ2) is 7.99. The summed E-state index contributed by atoms with van der Waals surface area (Å²) in [6.45, 7) is 6.84.